The SMILES string of the molecule is COc1ccc([C@@H](C)NC(=S)Nc2ccc(F)cc2)cc1F. The van der Waals surface area contributed by atoms with Gasteiger partial charge in [0, 0.05) is 5.69 Å². The Bertz CT molecular complexity index is 662. The Morgan fingerprint density at radius 2 is 1.82 bits per heavy atom. The Morgan fingerprint density at radius 1 is 1.14 bits per heavy atom. The van der Waals surface area contributed by atoms with Gasteiger partial charge in [0.05, 0.1) is 13.2 Å². The highest BCUT2D eigenvalue weighted by Gasteiger charge is 2.10. The van der Waals surface area contributed by atoms with Crippen LogP contribution in [0.5, 0.6) is 5.75 Å². The molecule has 2 rings (SSSR count). The molecule has 0 saturated heterocycles. The fraction of sp³-hybridized carbons (Fsp3) is 0.188. The smallest absolute Gasteiger partial charge is 0.171 e. The summed E-state index contributed by atoms with van der Waals surface area (Å²) in [4.78, 5) is 0. The number of benzene rings is 2. The Labute approximate surface area is 133 Å². The largest absolute Gasteiger partial charge is 0.494 e. The van der Waals surface area contributed by atoms with Gasteiger partial charge in [-0.2, -0.15) is 0 Å². The molecule has 0 spiro atoms. The molecule has 0 heterocycles. The molecule has 22 heavy (non-hydrogen) atoms. The summed E-state index contributed by atoms with van der Waals surface area (Å²) < 4.78 is 31.4. The molecule has 3 nitrogen and oxygen atoms in total. The van der Waals surface area contributed by atoms with Gasteiger partial charge in [0.15, 0.2) is 16.7 Å². The molecule has 0 unspecified atom stereocenters. The lowest BCUT2D eigenvalue weighted by Crippen LogP contribution is -2.30. The van der Waals surface area contributed by atoms with E-state index in [1.807, 2.05) is 6.92 Å². The molecule has 2 aromatic carbocycles. The van der Waals surface area contributed by atoms with Gasteiger partial charge in [-0.05, 0) is 61.1 Å². The van der Waals surface area contributed by atoms with Crippen molar-refractivity contribution >= 4 is 23.0 Å². The van der Waals surface area contributed by atoms with E-state index in [0.717, 1.165) is 5.56 Å². The highest BCUT2D eigenvalue weighted by molar-refractivity contribution is 7.80. The highest BCUT2D eigenvalue weighted by atomic mass is 32.1. The fourth-order valence-corrected chi connectivity index (χ4v) is 2.23. The molecule has 0 fully saturated rings. The number of methoxy groups -OCH3 is 1. The third-order valence-corrected chi connectivity index (χ3v) is 3.35. The molecule has 0 aromatic heterocycles. The van der Waals surface area contributed by atoms with E-state index in [9.17, 15) is 8.78 Å². The molecular weight excluding hydrogens is 306 g/mol. The maximum absolute atomic E-state index is 13.7. The summed E-state index contributed by atoms with van der Waals surface area (Å²) in [6.07, 6.45) is 0. The number of nitrogens with one attached hydrogen (secondary N) is 2. The normalized spacial score (nSPS) is 11.6. The van der Waals surface area contributed by atoms with Crippen molar-refractivity contribution in [3.8, 4) is 5.75 Å². The van der Waals surface area contributed by atoms with Crippen LogP contribution in [0.2, 0.25) is 0 Å². The number of halogens is 2. The van der Waals surface area contributed by atoms with Crippen molar-refractivity contribution in [2.45, 2.75) is 13.0 Å². The predicted octanol–water partition coefficient (Wildman–Crippen LogP) is 4.02. The number of thiocarbonyl (C=S) groups is 1. The van der Waals surface area contributed by atoms with Gasteiger partial charge >= 0.3 is 0 Å². The fourth-order valence-electron chi connectivity index (χ4n) is 1.93. The molecule has 2 aromatic rings. The Kier molecular flexibility index (Phi) is 5.27. The monoisotopic (exact) mass is 322 g/mol. The minimum Gasteiger partial charge on any atom is -0.494 e. The number of hydrogen-bond donors (Lipinski definition) is 2. The van der Waals surface area contributed by atoms with Gasteiger partial charge in [-0.25, -0.2) is 8.78 Å². The number of hydrogen-bond acceptors (Lipinski definition) is 2. The van der Waals surface area contributed by atoms with Crippen molar-refractivity contribution in [3.63, 3.8) is 0 Å². The lowest BCUT2D eigenvalue weighted by atomic mass is 10.1. The zero-order valence-corrected chi connectivity index (χ0v) is 13.0. The summed E-state index contributed by atoms with van der Waals surface area (Å²) in [7, 11) is 1.42. The van der Waals surface area contributed by atoms with E-state index in [0.29, 0.717) is 10.8 Å². The van der Waals surface area contributed by atoms with Crippen LogP contribution in [-0.4, -0.2) is 12.2 Å². The number of ether oxygens (including phenoxy) is 1. The van der Waals surface area contributed by atoms with E-state index in [1.165, 1.54) is 25.3 Å². The van der Waals surface area contributed by atoms with E-state index >= 15 is 0 Å². The number of anilines is 1. The second-order valence-corrected chi connectivity index (χ2v) is 5.13. The second kappa shape index (κ2) is 7.17. The first-order valence-electron chi connectivity index (χ1n) is 6.66. The average molecular weight is 322 g/mol. The quantitative estimate of drug-likeness (QED) is 0.833. The Balaban J connectivity index is 1.98. The zero-order chi connectivity index (χ0) is 16.1. The maximum atomic E-state index is 13.7. The van der Waals surface area contributed by atoms with Crippen LogP contribution in [0.25, 0.3) is 0 Å². The first kappa shape index (κ1) is 16.2. The van der Waals surface area contributed by atoms with Crippen LogP contribution >= 0.6 is 12.2 Å². The van der Waals surface area contributed by atoms with Crippen LogP contribution in [0.15, 0.2) is 42.5 Å². The van der Waals surface area contributed by atoms with E-state index in [1.54, 1.807) is 24.3 Å². The lowest BCUT2D eigenvalue weighted by Gasteiger charge is -2.18. The minimum absolute atomic E-state index is 0.194. The minimum atomic E-state index is -0.425. The van der Waals surface area contributed by atoms with E-state index < -0.39 is 5.82 Å². The summed E-state index contributed by atoms with van der Waals surface area (Å²) in [5, 5.41) is 6.36. The number of rotatable bonds is 4. The van der Waals surface area contributed by atoms with Crippen molar-refractivity contribution in [3.05, 3.63) is 59.7 Å². The molecule has 0 radical (unpaired) electrons. The summed E-state index contributed by atoms with van der Waals surface area (Å²) in [5.41, 5.74) is 1.41. The molecule has 0 aliphatic carbocycles. The van der Waals surface area contributed by atoms with E-state index in [2.05, 4.69) is 10.6 Å². The molecule has 0 amide bonds. The molecule has 0 bridgehead atoms. The molecule has 6 heteroatoms. The average Bonchev–Trinajstić information content (AvgIpc) is 2.49. The summed E-state index contributed by atoms with van der Waals surface area (Å²) >= 11 is 5.19. The van der Waals surface area contributed by atoms with Crippen molar-refractivity contribution in [1.29, 1.82) is 0 Å². The zero-order valence-electron chi connectivity index (χ0n) is 12.2. The predicted molar refractivity (Wildman–Crippen MR) is 87.1 cm³/mol. The third-order valence-electron chi connectivity index (χ3n) is 3.13. The van der Waals surface area contributed by atoms with Gasteiger partial charge in [-0.1, -0.05) is 6.07 Å². The van der Waals surface area contributed by atoms with Gasteiger partial charge < -0.3 is 15.4 Å². The van der Waals surface area contributed by atoms with Crippen LogP contribution < -0.4 is 15.4 Å². The van der Waals surface area contributed by atoms with Gasteiger partial charge in [-0.3, -0.25) is 0 Å². The summed E-state index contributed by atoms with van der Waals surface area (Å²) in [5.74, 6) is -0.541. The highest BCUT2D eigenvalue weighted by Crippen LogP contribution is 2.21. The lowest BCUT2D eigenvalue weighted by molar-refractivity contribution is 0.386. The molecule has 0 saturated carbocycles. The van der Waals surface area contributed by atoms with E-state index in [-0.39, 0.29) is 17.6 Å². The Hall–Kier alpha value is -2.21. The van der Waals surface area contributed by atoms with Crippen molar-refractivity contribution in [2.75, 3.05) is 12.4 Å². The van der Waals surface area contributed by atoms with Crippen LogP contribution in [0.3, 0.4) is 0 Å². The van der Waals surface area contributed by atoms with Crippen LogP contribution in [0, 0.1) is 11.6 Å². The van der Waals surface area contributed by atoms with Gasteiger partial charge in [-0.15, -0.1) is 0 Å². The van der Waals surface area contributed by atoms with Crippen LogP contribution in [0.4, 0.5) is 14.5 Å². The topological polar surface area (TPSA) is 33.3 Å². The van der Waals surface area contributed by atoms with Gasteiger partial charge in [0.1, 0.15) is 5.82 Å². The molecule has 0 aliphatic heterocycles. The molecule has 1 atom stereocenters. The first-order valence-corrected chi connectivity index (χ1v) is 7.07. The van der Waals surface area contributed by atoms with Crippen LogP contribution in [-0.2, 0) is 0 Å². The maximum Gasteiger partial charge on any atom is 0.171 e. The third kappa shape index (κ3) is 4.14. The molecule has 2 N–H and O–H groups in total. The van der Waals surface area contributed by atoms with Crippen molar-refractivity contribution < 1.29 is 13.5 Å². The molecular formula is C16H16F2N2OS. The standard InChI is InChI=1S/C16H16F2N2OS/c1-10(11-3-8-15(21-2)14(18)9-11)19-16(22)20-13-6-4-12(17)5-7-13/h3-10H,1-2H3,(H2,19,20,22)/t10-/m1/s1. The first-order chi connectivity index (χ1) is 10.5. The molecule has 116 valence electrons. The van der Waals surface area contributed by atoms with Crippen molar-refractivity contribution in [2.24, 2.45) is 0 Å². The van der Waals surface area contributed by atoms with Crippen molar-refractivity contribution in [1.82, 2.24) is 5.32 Å². The summed E-state index contributed by atoms with van der Waals surface area (Å²) in [6, 6.07) is 10.4. The molecule has 0 aliphatic rings. The van der Waals surface area contributed by atoms with Gasteiger partial charge in [0.25, 0.3) is 0 Å². The second-order valence-electron chi connectivity index (χ2n) is 4.72. The van der Waals surface area contributed by atoms with Crippen LogP contribution in [0.1, 0.15) is 18.5 Å². The summed E-state index contributed by atoms with van der Waals surface area (Å²) in [6.45, 7) is 1.86. The van der Waals surface area contributed by atoms with Gasteiger partial charge in [0.2, 0.25) is 0 Å². The Morgan fingerprint density at radius 3 is 2.41 bits per heavy atom. The van der Waals surface area contributed by atoms with E-state index in [4.69, 9.17) is 17.0 Å².